The molecule has 2 rings (SSSR count). The van der Waals surface area contributed by atoms with E-state index >= 15 is 0 Å². The van der Waals surface area contributed by atoms with Crippen molar-refractivity contribution < 1.29 is 4.70 Å². The predicted molar refractivity (Wildman–Crippen MR) is 59.4 cm³/mol. The first-order valence-electron chi connectivity index (χ1n) is 6.21. The Morgan fingerprint density at radius 1 is 0.571 bits per heavy atom. The van der Waals surface area contributed by atoms with E-state index in [1.165, 1.54) is 64.2 Å². The van der Waals surface area contributed by atoms with E-state index in [1.807, 2.05) is 0 Å². The van der Waals surface area contributed by atoms with Crippen LogP contribution in [0.15, 0.2) is 0 Å². The highest BCUT2D eigenvalue weighted by Gasteiger charge is 2.19. The van der Waals surface area contributed by atoms with Gasteiger partial charge < -0.3 is 5.32 Å². The summed E-state index contributed by atoms with van der Waals surface area (Å²) in [5, 5.41) is 3.86. The number of halogens is 1. The lowest BCUT2D eigenvalue weighted by Crippen LogP contribution is -2.40. The molecular formula is C12H24FN. The Labute approximate surface area is 87.0 Å². The molecule has 1 nitrogen and oxygen atoms in total. The molecule has 0 amide bonds. The van der Waals surface area contributed by atoms with Crippen LogP contribution in [-0.2, 0) is 0 Å². The summed E-state index contributed by atoms with van der Waals surface area (Å²) in [6.07, 6.45) is 14.6. The Morgan fingerprint density at radius 3 is 1.29 bits per heavy atom. The maximum atomic E-state index is 3.86. The Hall–Kier alpha value is -0.110. The SMILES string of the molecule is C1CCC(NC2CCCCC2)CC1.F. The summed E-state index contributed by atoms with van der Waals surface area (Å²) in [6, 6.07) is 1.74. The molecule has 14 heavy (non-hydrogen) atoms. The number of hydrogen-bond acceptors (Lipinski definition) is 1. The van der Waals surface area contributed by atoms with Gasteiger partial charge in [0.1, 0.15) is 0 Å². The molecule has 2 aliphatic rings. The summed E-state index contributed by atoms with van der Waals surface area (Å²) in [4.78, 5) is 0. The van der Waals surface area contributed by atoms with Gasteiger partial charge in [0.15, 0.2) is 0 Å². The van der Waals surface area contributed by atoms with E-state index in [1.54, 1.807) is 0 Å². The topological polar surface area (TPSA) is 12.0 Å². The van der Waals surface area contributed by atoms with Crippen LogP contribution in [0.1, 0.15) is 64.2 Å². The van der Waals surface area contributed by atoms with Crippen LogP contribution in [0.4, 0.5) is 4.70 Å². The smallest absolute Gasteiger partial charge is 0.00696 e. The number of rotatable bonds is 2. The van der Waals surface area contributed by atoms with Crippen molar-refractivity contribution in [2.75, 3.05) is 0 Å². The highest BCUT2D eigenvalue weighted by Crippen LogP contribution is 2.22. The first-order valence-corrected chi connectivity index (χ1v) is 6.21. The lowest BCUT2D eigenvalue weighted by atomic mass is 9.91. The third-order valence-corrected chi connectivity index (χ3v) is 3.68. The Kier molecular flexibility index (Phi) is 5.46. The van der Waals surface area contributed by atoms with Crippen LogP contribution >= 0.6 is 0 Å². The molecule has 0 aromatic heterocycles. The number of nitrogens with one attached hydrogen (secondary N) is 1. The lowest BCUT2D eigenvalue weighted by Gasteiger charge is -2.30. The molecule has 2 fully saturated rings. The monoisotopic (exact) mass is 201 g/mol. The van der Waals surface area contributed by atoms with Crippen molar-refractivity contribution in [3.8, 4) is 0 Å². The van der Waals surface area contributed by atoms with Crippen molar-refractivity contribution in [1.82, 2.24) is 5.32 Å². The van der Waals surface area contributed by atoms with Gasteiger partial charge in [-0.2, -0.15) is 0 Å². The Bertz CT molecular complexity index is 121. The minimum absolute atomic E-state index is 0. The molecule has 0 aromatic rings. The molecule has 2 heteroatoms. The zero-order valence-electron chi connectivity index (χ0n) is 9.13. The van der Waals surface area contributed by atoms with Gasteiger partial charge in [0, 0.05) is 12.1 Å². The van der Waals surface area contributed by atoms with Gasteiger partial charge in [-0.1, -0.05) is 38.5 Å². The van der Waals surface area contributed by atoms with E-state index in [0.29, 0.717) is 0 Å². The summed E-state index contributed by atoms with van der Waals surface area (Å²) < 4.78 is 0. The standard InChI is InChI=1S/C12H23N.FH/c1-3-7-11(8-4-1)13-12-9-5-2-6-10-12;/h11-13H,1-10H2;1H. The normalized spacial score (nSPS) is 25.7. The van der Waals surface area contributed by atoms with Gasteiger partial charge >= 0.3 is 0 Å². The molecule has 0 aromatic carbocycles. The predicted octanol–water partition coefficient (Wildman–Crippen LogP) is 3.39. The second-order valence-corrected chi connectivity index (χ2v) is 4.84. The van der Waals surface area contributed by atoms with Crippen LogP contribution in [0.25, 0.3) is 0 Å². The van der Waals surface area contributed by atoms with Crippen LogP contribution in [0.3, 0.4) is 0 Å². The zero-order chi connectivity index (χ0) is 8.93. The molecule has 1 N–H and O–H groups in total. The highest BCUT2D eigenvalue weighted by atomic mass is 19.0. The van der Waals surface area contributed by atoms with Crippen LogP contribution in [0.2, 0.25) is 0 Å². The van der Waals surface area contributed by atoms with Gasteiger partial charge in [-0.05, 0) is 25.7 Å². The van der Waals surface area contributed by atoms with Gasteiger partial charge in [0.05, 0.1) is 0 Å². The first-order chi connectivity index (χ1) is 6.45. The van der Waals surface area contributed by atoms with Crippen LogP contribution in [-0.4, -0.2) is 12.1 Å². The molecule has 2 aliphatic carbocycles. The van der Waals surface area contributed by atoms with Crippen molar-refractivity contribution in [2.24, 2.45) is 0 Å². The maximum Gasteiger partial charge on any atom is 0.00696 e. The van der Waals surface area contributed by atoms with Gasteiger partial charge in [-0.15, -0.1) is 0 Å². The quantitative estimate of drug-likeness (QED) is 0.722. The van der Waals surface area contributed by atoms with Gasteiger partial charge in [0.2, 0.25) is 0 Å². The van der Waals surface area contributed by atoms with Crippen molar-refractivity contribution in [1.29, 1.82) is 0 Å². The zero-order valence-corrected chi connectivity index (χ0v) is 9.13. The molecule has 0 spiro atoms. The van der Waals surface area contributed by atoms with Crippen LogP contribution in [0.5, 0.6) is 0 Å². The third-order valence-electron chi connectivity index (χ3n) is 3.68. The van der Waals surface area contributed by atoms with Gasteiger partial charge in [-0.25, -0.2) is 0 Å². The fraction of sp³-hybridized carbons (Fsp3) is 1.00. The second-order valence-electron chi connectivity index (χ2n) is 4.84. The van der Waals surface area contributed by atoms with E-state index < -0.39 is 0 Å². The molecule has 0 unspecified atom stereocenters. The van der Waals surface area contributed by atoms with Gasteiger partial charge in [0.25, 0.3) is 0 Å². The summed E-state index contributed by atoms with van der Waals surface area (Å²) in [6.45, 7) is 0. The molecule has 0 aliphatic heterocycles. The molecule has 0 bridgehead atoms. The van der Waals surface area contributed by atoms with Crippen molar-refractivity contribution >= 4 is 0 Å². The summed E-state index contributed by atoms with van der Waals surface area (Å²) >= 11 is 0. The van der Waals surface area contributed by atoms with Gasteiger partial charge in [-0.3, -0.25) is 4.70 Å². The molecule has 84 valence electrons. The van der Waals surface area contributed by atoms with Crippen molar-refractivity contribution in [3.63, 3.8) is 0 Å². The van der Waals surface area contributed by atoms with E-state index in [2.05, 4.69) is 5.32 Å². The first kappa shape index (κ1) is 12.0. The fourth-order valence-corrected chi connectivity index (χ4v) is 2.87. The van der Waals surface area contributed by atoms with Crippen LogP contribution < -0.4 is 5.32 Å². The average molecular weight is 201 g/mol. The molecule has 2 saturated carbocycles. The average Bonchev–Trinajstić information content (AvgIpc) is 2.21. The van der Waals surface area contributed by atoms with E-state index in [4.69, 9.17) is 0 Å². The minimum atomic E-state index is 0. The summed E-state index contributed by atoms with van der Waals surface area (Å²) in [5.74, 6) is 0. The Balaban J connectivity index is 0.000000980. The molecule has 0 atom stereocenters. The fourth-order valence-electron chi connectivity index (χ4n) is 2.87. The Morgan fingerprint density at radius 2 is 0.929 bits per heavy atom. The lowest BCUT2D eigenvalue weighted by molar-refractivity contribution is 0.291. The van der Waals surface area contributed by atoms with E-state index in [9.17, 15) is 0 Å². The summed E-state index contributed by atoms with van der Waals surface area (Å²) in [5.41, 5.74) is 0. The van der Waals surface area contributed by atoms with E-state index in [0.717, 1.165) is 12.1 Å². The molecule has 0 radical (unpaired) electrons. The highest BCUT2D eigenvalue weighted by molar-refractivity contribution is 4.79. The molecule has 0 heterocycles. The molecular weight excluding hydrogens is 177 g/mol. The molecule has 0 saturated heterocycles. The second kappa shape index (κ2) is 6.39. The van der Waals surface area contributed by atoms with Crippen molar-refractivity contribution in [3.05, 3.63) is 0 Å². The van der Waals surface area contributed by atoms with Crippen molar-refractivity contribution in [2.45, 2.75) is 76.3 Å². The largest absolute Gasteiger partial charge is 0.311 e. The number of hydrogen-bond donors (Lipinski definition) is 1. The summed E-state index contributed by atoms with van der Waals surface area (Å²) in [7, 11) is 0. The minimum Gasteiger partial charge on any atom is -0.311 e. The maximum absolute atomic E-state index is 3.86. The van der Waals surface area contributed by atoms with Crippen LogP contribution in [0, 0.1) is 0 Å². The van der Waals surface area contributed by atoms with E-state index in [-0.39, 0.29) is 4.70 Å². The third kappa shape index (κ3) is 3.56.